The molecule has 2 heterocycles. The maximum atomic E-state index is 12.4. The zero-order valence-corrected chi connectivity index (χ0v) is 12.7. The first-order valence-electron chi connectivity index (χ1n) is 7.41. The summed E-state index contributed by atoms with van der Waals surface area (Å²) in [5.74, 6) is 0.184. The Morgan fingerprint density at radius 3 is 2.91 bits per heavy atom. The average molecular weight is 298 g/mol. The molecule has 1 atom stereocenters. The van der Waals surface area contributed by atoms with Gasteiger partial charge in [-0.15, -0.1) is 0 Å². The van der Waals surface area contributed by atoms with E-state index in [1.54, 1.807) is 0 Å². The second-order valence-electron chi connectivity index (χ2n) is 5.85. The molecule has 0 saturated heterocycles. The van der Waals surface area contributed by atoms with Gasteiger partial charge < -0.3 is 10.5 Å². The quantitative estimate of drug-likeness (QED) is 0.904. The minimum atomic E-state index is -0.512. The number of ether oxygens (including phenoxy) is 1. The Morgan fingerprint density at radius 2 is 2.27 bits per heavy atom. The third kappa shape index (κ3) is 2.19. The summed E-state index contributed by atoms with van der Waals surface area (Å²) < 4.78 is 7.34. The zero-order valence-electron chi connectivity index (χ0n) is 12.7. The molecule has 1 aliphatic carbocycles. The number of hydrogen-bond acceptors (Lipinski definition) is 5. The summed E-state index contributed by atoms with van der Waals surface area (Å²) in [7, 11) is 0. The molecule has 0 aromatic carbocycles. The predicted molar refractivity (Wildman–Crippen MR) is 79.1 cm³/mol. The van der Waals surface area contributed by atoms with Crippen molar-refractivity contribution in [2.45, 2.75) is 45.1 Å². The normalized spacial score (nSPS) is 21.7. The molecule has 0 unspecified atom stereocenters. The van der Waals surface area contributed by atoms with Crippen molar-refractivity contribution in [3.63, 3.8) is 0 Å². The summed E-state index contributed by atoms with van der Waals surface area (Å²) in [5.41, 5.74) is 7.37. The Balaban J connectivity index is 2.13. The molecule has 0 amide bonds. The number of nitrogens with zero attached hydrogens (tertiary/aromatic N) is 3. The van der Waals surface area contributed by atoms with Crippen LogP contribution in [0.3, 0.4) is 0 Å². The molecule has 2 aliphatic rings. The van der Waals surface area contributed by atoms with Gasteiger partial charge in [-0.1, -0.05) is 0 Å². The van der Waals surface area contributed by atoms with Crippen molar-refractivity contribution < 1.29 is 9.53 Å². The first kappa shape index (κ1) is 14.4. The van der Waals surface area contributed by atoms with Gasteiger partial charge in [0.1, 0.15) is 17.4 Å². The topological polar surface area (TPSA) is 93.9 Å². The van der Waals surface area contributed by atoms with Crippen molar-refractivity contribution in [2.75, 3.05) is 0 Å². The monoisotopic (exact) mass is 298 g/mol. The number of Topliss-reactive ketones (excluding diaryl/α,β-unsaturated/α-hetero) is 1. The molecule has 0 saturated carbocycles. The van der Waals surface area contributed by atoms with Crippen LogP contribution in [-0.4, -0.2) is 15.6 Å². The molecule has 1 aromatic heterocycles. The fourth-order valence-electron chi connectivity index (χ4n) is 2.95. The van der Waals surface area contributed by atoms with Gasteiger partial charge in [-0.3, -0.25) is 9.48 Å². The highest BCUT2D eigenvalue weighted by Gasteiger charge is 2.39. The summed E-state index contributed by atoms with van der Waals surface area (Å²) in [4.78, 5) is 12.4. The summed E-state index contributed by atoms with van der Waals surface area (Å²) >= 11 is 0. The van der Waals surface area contributed by atoms with Crippen LogP contribution in [0, 0.1) is 11.3 Å². The first-order valence-corrected chi connectivity index (χ1v) is 7.41. The van der Waals surface area contributed by atoms with Crippen molar-refractivity contribution in [1.29, 1.82) is 5.26 Å². The van der Waals surface area contributed by atoms with E-state index >= 15 is 0 Å². The maximum absolute atomic E-state index is 12.4. The van der Waals surface area contributed by atoms with E-state index in [0.29, 0.717) is 29.9 Å². The number of ketones is 1. The lowest BCUT2D eigenvalue weighted by molar-refractivity contribution is -0.116. The van der Waals surface area contributed by atoms with Gasteiger partial charge >= 0.3 is 0 Å². The molecule has 1 aliphatic heterocycles. The fraction of sp³-hybridized carbons (Fsp3) is 0.438. The van der Waals surface area contributed by atoms with Gasteiger partial charge in [-0.2, -0.15) is 10.4 Å². The summed E-state index contributed by atoms with van der Waals surface area (Å²) in [6.07, 6.45) is 3.75. The number of allylic oxidation sites excluding steroid dienone is 3. The molecular weight excluding hydrogens is 280 g/mol. The zero-order chi connectivity index (χ0) is 15.9. The number of nitriles is 1. The number of aromatic nitrogens is 2. The van der Waals surface area contributed by atoms with Crippen molar-refractivity contribution in [2.24, 2.45) is 5.73 Å². The van der Waals surface area contributed by atoms with E-state index < -0.39 is 5.92 Å². The van der Waals surface area contributed by atoms with Gasteiger partial charge in [-0.05, 0) is 26.3 Å². The van der Waals surface area contributed by atoms with Gasteiger partial charge in [0.05, 0.1) is 11.6 Å². The summed E-state index contributed by atoms with van der Waals surface area (Å²) in [5, 5.41) is 14.0. The van der Waals surface area contributed by atoms with E-state index in [2.05, 4.69) is 11.2 Å². The fourth-order valence-corrected chi connectivity index (χ4v) is 2.95. The minimum Gasteiger partial charge on any atom is -0.444 e. The van der Waals surface area contributed by atoms with Gasteiger partial charge in [0.2, 0.25) is 5.88 Å². The van der Waals surface area contributed by atoms with Crippen LogP contribution in [0.25, 0.3) is 0 Å². The number of carbonyl (C=O) groups excluding carboxylic acids is 1. The van der Waals surface area contributed by atoms with Crippen molar-refractivity contribution in [1.82, 2.24) is 9.78 Å². The van der Waals surface area contributed by atoms with Crippen LogP contribution in [0.5, 0.6) is 0 Å². The third-order valence-electron chi connectivity index (χ3n) is 4.06. The highest BCUT2D eigenvalue weighted by Crippen LogP contribution is 2.42. The van der Waals surface area contributed by atoms with E-state index in [0.717, 1.165) is 6.42 Å². The standard InChI is InChI=1S/C16H18N4O2/c1-9(2)20-7-6-11(19-20)14-10(8-17)16(18)22-13-5-3-4-12(21)15(13)14/h6-7,9,14H,3-5,18H2,1-2H3/t14-/m0/s1. The molecule has 0 bridgehead atoms. The largest absolute Gasteiger partial charge is 0.444 e. The second-order valence-corrected chi connectivity index (χ2v) is 5.85. The Labute approximate surface area is 128 Å². The van der Waals surface area contributed by atoms with E-state index in [1.807, 2.05) is 30.8 Å². The Hall–Kier alpha value is -2.55. The SMILES string of the molecule is CC(C)n1ccc([C@@H]2C(C#N)=C(N)OC3=C2C(=O)CCC3)n1. The molecule has 114 valence electrons. The Kier molecular flexibility index (Phi) is 3.49. The van der Waals surface area contributed by atoms with Crippen molar-refractivity contribution >= 4 is 5.78 Å². The molecule has 22 heavy (non-hydrogen) atoms. The number of hydrogen-bond donors (Lipinski definition) is 1. The highest BCUT2D eigenvalue weighted by molar-refractivity contribution is 5.99. The lowest BCUT2D eigenvalue weighted by atomic mass is 9.80. The van der Waals surface area contributed by atoms with Crippen LogP contribution < -0.4 is 5.73 Å². The van der Waals surface area contributed by atoms with Crippen LogP contribution in [-0.2, 0) is 9.53 Å². The molecule has 3 rings (SSSR count). The van der Waals surface area contributed by atoms with E-state index in [1.165, 1.54) is 0 Å². The maximum Gasteiger partial charge on any atom is 0.205 e. The van der Waals surface area contributed by atoms with Crippen LogP contribution in [0.15, 0.2) is 35.1 Å². The van der Waals surface area contributed by atoms with Crippen molar-refractivity contribution in [3.8, 4) is 6.07 Å². The number of carbonyl (C=O) groups is 1. The van der Waals surface area contributed by atoms with Gasteiger partial charge in [0.15, 0.2) is 5.78 Å². The van der Waals surface area contributed by atoms with Crippen LogP contribution >= 0.6 is 0 Å². The van der Waals surface area contributed by atoms with Crippen molar-refractivity contribution in [3.05, 3.63) is 40.7 Å². The summed E-state index contributed by atoms with van der Waals surface area (Å²) in [6.45, 7) is 4.04. The smallest absolute Gasteiger partial charge is 0.205 e. The lowest BCUT2D eigenvalue weighted by Crippen LogP contribution is -2.27. The minimum absolute atomic E-state index is 0.0191. The number of nitrogens with two attached hydrogens (primary N) is 1. The summed E-state index contributed by atoms with van der Waals surface area (Å²) in [6, 6.07) is 4.13. The molecule has 2 N–H and O–H groups in total. The van der Waals surface area contributed by atoms with Crippen LogP contribution in [0.4, 0.5) is 0 Å². The molecule has 6 heteroatoms. The van der Waals surface area contributed by atoms with Gasteiger partial charge in [0, 0.05) is 30.7 Å². The van der Waals surface area contributed by atoms with E-state index in [9.17, 15) is 10.1 Å². The predicted octanol–water partition coefficient (Wildman–Crippen LogP) is 2.28. The second kappa shape index (κ2) is 5.34. The molecule has 0 spiro atoms. The molecular formula is C16H18N4O2. The molecule has 1 aromatic rings. The van der Waals surface area contributed by atoms with E-state index in [-0.39, 0.29) is 23.3 Å². The van der Waals surface area contributed by atoms with Gasteiger partial charge in [-0.25, -0.2) is 0 Å². The molecule has 0 fully saturated rings. The van der Waals surface area contributed by atoms with Gasteiger partial charge in [0.25, 0.3) is 0 Å². The molecule has 6 nitrogen and oxygen atoms in total. The van der Waals surface area contributed by atoms with E-state index in [4.69, 9.17) is 10.5 Å². The van der Waals surface area contributed by atoms with Crippen LogP contribution in [0.2, 0.25) is 0 Å². The third-order valence-corrected chi connectivity index (χ3v) is 4.06. The average Bonchev–Trinajstić information content (AvgIpc) is 2.95. The lowest BCUT2D eigenvalue weighted by Gasteiger charge is -2.29. The Bertz CT molecular complexity index is 734. The number of rotatable bonds is 2. The first-order chi connectivity index (χ1) is 10.5. The van der Waals surface area contributed by atoms with Crippen LogP contribution in [0.1, 0.15) is 50.8 Å². The molecule has 0 radical (unpaired) electrons. The Morgan fingerprint density at radius 1 is 1.50 bits per heavy atom. The highest BCUT2D eigenvalue weighted by atomic mass is 16.5.